The summed E-state index contributed by atoms with van der Waals surface area (Å²) in [6.07, 6.45) is 11.8. The number of hydrogen-bond donors (Lipinski definition) is 1. The van der Waals surface area contributed by atoms with Gasteiger partial charge >= 0.3 is 0 Å². The first-order valence-corrected chi connectivity index (χ1v) is 7.79. The molecule has 0 atom stereocenters. The number of nitrogens with two attached hydrogens (primary N) is 1. The van der Waals surface area contributed by atoms with Gasteiger partial charge in [-0.3, -0.25) is 4.79 Å². The molecular weight excluding hydrogens is 224 g/mol. The lowest BCUT2D eigenvalue weighted by Gasteiger charge is -2.37. The Hall–Kier alpha value is -0.570. The molecular formula is C15H30N2O. The molecule has 18 heavy (non-hydrogen) atoms. The lowest BCUT2D eigenvalue weighted by atomic mass is 9.91. The van der Waals surface area contributed by atoms with E-state index in [-0.39, 0.29) is 0 Å². The van der Waals surface area contributed by atoms with E-state index >= 15 is 0 Å². The summed E-state index contributed by atoms with van der Waals surface area (Å²) in [4.78, 5) is 14.2. The molecule has 106 valence electrons. The fraction of sp³-hybridized carbons (Fsp3) is 0.933. The number of carbonyl (C=O) groups is 1. The summed E-state index contributed by atoms with van der Waals surface area (Å²) >= 11 is 0. The standard InChI is InChI=1S/C15H30N2O/c1-2-3-4-5-6-7-11-15(18)17(13-12-16)14-9-8-10-14/h14H,2-13,16H2,1H3. The quantitative estimate of drug-likeness (QED) is 0.609. The molecule has 0 radical (unpaired) electrons. The fourth-order valence-corrected chi connectivity index (χ4v) is 2.55. The molecule has 0 bridgehead atoms. The molecule has 0 aromatic heterocycles. The number of unbranched alkanes of at least 4 members (excludes halogenated alkanes) is 5. The number of rotatable bonds is 10. The van der Waals surface area contributed by atoms with E-state index in [0.29, 0.717) is 18.5 Å². The van der Waals surface area contributed by atoms with Gasteiger partial charge in [-0.2, -0.15) is 0 Å². The van der Waals surface area contributed by atoms with Crippen molar-refractivity contribution < 1.29 is 4.79 Å². The van der Waals surface area contributed by atoms with Crippen LogP contribution in [0.4, 0.5) is 0 Å². The maximum Gasteiger partial charge on any atom is 0.222 e. The molecule has 1 aliphatic carbocycles. The largest absolute Gasteiger partial charge is 0.338 e. The second-order valence-corrected chi connectivity index (χ2v) is 5.48. The third-order valence-electron chi connectivity index (χ3n) is 3.95. The third kappa shape index (κ3) is 5.38. The van der Waals surface area contributed by atoms with Gasteiger partial charge in [0.2, 0.25) is 5.91 Å². The molecule has 3 nitrogen and oxygen atoms in total. The van der Waals surface area contributed by atoms with Gasteiger partial charge in [0, 0.05) is 25.6 Å². The van der Waals surface area contributed by atoms with Crippen LogP contribution in [0.5, 0.6) is 0 Å². The average molecular weight is 254 g/mol. The van der Waals surface area contributed by atoms with Crippen molar-refractivity contribution in [3.05, 3.63) is 0 Å². The Morgan fingerprint density at radius 1 is 1.17 bits per heavy atom. The molecule has 3 heteroatoms. The summed E-state index contributed by atoms with van der Waals surface area (Å²) in [5.41, 5.74) is 5.60. The van der Waals surface area contributed by atoms with Gasteiger partial charge in [0.1, 0.15) is 0 Å². The van der Waals surface area contributed by atoms with Crippen LogP contribution in [0.1, 0.15) is 71.1 Å². The Balaban J connectivity index is 2.12. The van der Waals surface area contributed by atoms with Crippen LogP contribution in [0.15, 0.2) is 0 Å². The Labute approximate surface area is 112 Å². The molecule has 0 aromatic rings. The van der Waals surface area contributed by atoms with E-state index in [1.165, 1.54) is 51.4 Å². The zero-order valence-electron chi connectivity index (χ0n) is 12.0. The average Bonchev–Trinajstić information content (AvgIpc) is 2.30. The Kier molecular flexibility index (Phi) is 8.06. The maximum absolute atomic E-state index is 12.1. The summed E-state index contributed by atoms with van der Waals surface area (Å²) in [7, 11) is 0. The van der Waals surface area contributed by atoms with Gasteiger partial charge in [-0.05, 0) is 25.7 Å². The Morgan fingerprint density at radius 3 is 2.39 bits per heavy atom. The van der Waals surface area contributed by atoms with Crippen molar-refractivity contribution in [1.29, 1.82) is 0 Å². The van der Waals surface area contributed by atoms with Crippen LogP contribution >= 0.6 is 0 Å². The van der Waals surface area contributed by atoms with Crippen molar-refractivity contribution >= 4 is 5.91 Å². The third-order valence-corrected chi connectivity index (χ3v) is 3.95. The molecule has 1 saturated carbocycles. The summed E-state index contributed by atoms with van der Waals surface area (Å²) in [6.45, 7) is 3.57. The molecule has 0 unspecified atom stereocenters. The Morgan fingerprint density at radius 2 is 1.83 bits per heavy atom. The van der Waals surface area contributed by atoms with Crippen molar-refractivity contribution in [3.8, 4) is 0 Å². The van der Waals surface area contributed by atoms with Crippen LogP contribution in [0.25, 0.3) is 0 Å². The monoisotopic (exact) mass is 254 g/mol. The Bertz CT molecular complexity index is 227. The van der Waals surface area contributed by atoms with Crippen molar-refractivity contribution in [2.45, 2.75) is 77.2 Å². The van der Waals surface area contributed by atoms with Crippen molar-refractivity contribution in [3.63, 3.8) is 0 Å². The molecule has 0 saturated heterocycles. The van der Waals surface area contributed by atoms with Gasteiger partial charge in [-0.15, -0.1) is 0 Å². The van der Waals surface area contributed by atoms with E-state index in [0.717, 1.165) is 19.4 Å². The summed E-state index contributed by atoms with van der Waals surface area (Å²) in [6, 6.07) is 0.501. The van der Waals surface area contributed by atoms with Crippen molar-refractivity contribution in [2.24, 2.45) is 5.73 Å². The van der Waals surface area contributed by atoms with Crippen LogP contribution < -0.4 is 5.73 Å². The van der Waals surface area contributed by atoms with Gasteiger partial charge in [0.05, 0.1) is 0 Å². The minimum absolute atomic E-state index is 0.334. The van der Waals surface area contributed by atoms with E-state index in [1.807, 2.05) is 4.90 Å². The molecule has 1 aliphatic rings. The lowest BCUT2D eigenvalue weighted by Crippen LogP contribution is -2.46. The SMILES string of the molecule is CCCCCCCCC(=O)N(CCN)C1CCC1. The highest BCUT2D eigenvalue weighted by Gasteiger charge is 2.27. The summed E-state index contributed by atoms with van der Waals surface area (Å²) < 4.78 is 0. The maximum atomic E-state index is 12.1. The van der Waals surface area contributed by atoms with E-state index in [4.69, 9.17) is 5.73 Å². The number of amides is 1. The van der Waals surface area contributed by atoms with Gasteiger partial charge in [-0.25, -0.2) is 0 Å². The number of nitrogens with zero attached hydrogens (tertiary/aromatic N) is 1. The fourth-order valence-electron chi connectivity index (χ4n) is 2.55. The summed E-state index contributed by atoms with van der Waals surface area (Å²) in [5.74, 6) is 0.334. The minimum Gasteiger partial charge on any atom is -0.338 e. The highest BCUT2D eigenvalue weighted by molar-refractivity contribution is 5.76. The normalized spacial score (nSPS) is 15.4. The second-order valence-electron chi connectivity index (χ2n) is 5.48. The van der Waals surface area contributed by atoms with E-state index < -0.39 is 0 Å². The highest BCUT2D eigenvalue weighted by atomic mass is 16.2. The lowest BCUT2D eigenvalue weighted by molar-refractivity contribution is -0.135. The van der Waals surface area contributed by atoms with Crippen molar-refractivity contribution in [1.82, 2.24) is 4.90 Å². The molecule has 1 rings (SSSR count). The van der Waals surface area contributed by atoms with Crippen LogP contribution in [-0.2, 0) is 4.79 Å². The molecule has 1 fully saturated rings. The van der Waals surface area contributed by atoms with Crippen LogP contribution in [0.3, 0.4) is 0 Å². The predicted octanol–water partition coefficient (Wildman–Crippen LogP) is 3.08. The first kappa shape index (κ1) is 15.5. The van der Waals surface area contributed by atoms with E-state index in [9.17, 15) is 4.79 Å². The first-order valence-electron chi connectivity index (χ1n) is 7.79. The van der Waals surface area contributed by atoms with Crippen LogP contribution in [-0.4, -0.2) is 29.9 Å². The minimum atomic E-state index is 0.334. The molecule has 0 aromatic carbocycles. The van der Waals surface area contributed by atoms with Gasteiger partial charge in [0.15, 0.2) is 0 Å². The zero-order chi connectivity index (χ0) is 13.2. The second kappa shape index (κ2) is 9.37. The molecule has 1 amide bonds. The number of hydrogen-bond acceptors (Lipinski definition) is 2. The van der Waals surface area contributed by atoms with Gasteiger partial charge in [0.25, 0.3) is 0 Å². The van der Waals surface area contributed by atoms with Gasteiger partial charge in [-0.1, -0.05) is 39.0 Å². The predicted molar refractivity (Wildman–Crippen MR) is 76.4 cm³/mol. The number of carbonyl (C=O) groups excluding carboxylic acids is 1. The first-order chi connectivity index (χ1) is 8.79. The highest BCUT2D eigenvalue weighted by Crippen LogP contribution is 2.25. The van der Waals surface area contributed by atoms with E-state index in [2.05, 4.69) is 6.92 Å². The molecule has 0 spiro atoms. The molecule has 0 aliphatic heterocycles. The van der Waals surface area contributed by atoms with Crippen LogP contribution in [0, 0.1) is 0 Å². The van der Waals surface area contributed by atoms with Crippen molar-refractivity contribution in [2.75, 3.05) is 13.1 Å². The molecule has 0 heterocycles. The van der Waals surface area contributed by atoms with Gasteiger partial charge < -0.3 is 10.6 Å². The zero-order valence-corrected chi connectivity index (χ0v) is 12.0. The van der Waals surface area contributed by atoms with E-state index in [1.54, 1.807) is 0 Å². The van der Waals surface area contributed by atoms with Crippen LogP contribution in [0.2, 0.25) is 0 Å². The smallest absolute Gasteiger partial charge is 0.222 e. The summed E-state index contributed by atoms with van der Waals surface area (Å²) in [5, 5.41) is 0. The molecule has 2 N–H and O–H groups in total. The topological polar surface area (TPSA) is 46.3 Å².